The van der Waals surface area contributed by atoms with Gasteiger partial charge in [0.15, 0.2) is 0 Å². The fourth-order valence-electron chi connectivity index (χ4n) is 13.0. The van der Waals surface area contributed by atoms with Gasteiger partial charge in [-0.15, -0.1) is 0 Å². The molecule has 0 saturated heterocycles. The Balaban J connectivity index is 0.000000169. The molecule has 2 aliphatic carbocycles. The van der Waals surface area contributed by atoms with Crippen LogP contribution in [-0.2, 0) is 19.1 Å². The summed E-state index contributed by atoms with van der Waals surface area (Å²) < 4.78 is 10.6. The number of rotatable bonds is 16. The van der Waals surface area contributed by atoms with Gasteiger partial charge in [0.05, 0.1) is 66.8 Å². The van der Waals surface area contributed by atoms with Crippen LogP contribution < -0.4 is 0 Å². The molecule has 0 radical (unpaired) electrons. The fraction of sp³-hybridized carbons (Fsp3) is 0.136. The maximum Gasteiger partial charge on any atom is 0.337 e. The standard InChI is InChI=1S/C16H24O4.6C12H8O4/c17-15(19-13-7-3-1-4-8-13)11-12-16(18)20-14-9-5-2-6-10-14;6*13-11(14)9-6-5-7-3-1-2-4-8(7)10(9)12(15)16/h11-14H,1-10H2;6*1-6H,(H,13,14)(H,15,16)/b12-11-;;;;;;. The first kappa shape index (κ1) is 86.1. The highest BCUT2D eigenvalue weighted by Crippen LogP contribution is 2.30. The lowest BCUT2D eigenvalue weighted by molar-refractivity contribution is -0.147. The molecule has 592 valence electrons. The van der Waals surface area contributed by atoms with Crippen molar-refractivity contribution in [2.75, 3.05) is 0 Å². The number of hydrogen-bond acceptors (Lipinski definition) is 16. The molecule has 2 fully saturated rings. The van der Waals surface area contributed by atoms with Crippen LogP contribution >= 0.6 is 0 Å². The van der Waals surface area contributed by atoms with E-state index in [4.69, 9.17) is 70.8 Å². The van der Waals surface area contributed by atoms with Gasteiger partial charge in [-0.25, -0.2) is 67.1 Å². The van der Waals surface area contributed by atoms with E-state index >= 15 is 0 Å². The molecule has 12 aromatic rings. The molecule has 0 atom stereocenters. The van der Waals surface area contributed by atoms with E-state index in [1.165, 1.54) is 61.4 Å². The van der Waals surface area contributed by atoms with Crippen molar-refractivity contribution in [3.8, 4) is 0 Å². The second kappa shape index (κ2) is 40.5. The largest absolute Gasteiger partial charge is 0.478 e. The summed E-state index contributed by atoms with van der Waals surface area (Å²) in [6, 6.07) is 58.3. The second-order valence-corrected chi connectivity index (χ2v) is 25.6. The molecule has 14 rings (SSSR count). The van der Waals surface area contributed by atoms with E-state index in [-0.39, 0.29) is 79.0 Å². The third-order valence-corrected chi connectivity index (χ3v) is 18.3. The van der Waals surface area contributed by atoms with Crippen molar-refractivity contribution in [3.63, 3.8) is 0 Å². The zero-order valence-electron chi connectivity index (χ0n) is 61.1. The monoisotopic (exact) mass is 1580 g/mol. The lowest BCUT2D eigenvalue weighted by Gasteiger charge is -2.21. The van der Waals surface area contributed by atoms with Crippen LogP contribution in [-0.4, -0.2) is 157 Å². The Morgan fingerprint density at radius 2 is 0.362 bits per heavy atom. The quantitative estimate of drug-likeness (QED) is 0.0316. The second-order valence-electron chi connectivity index (χ2n) is 25.6. The molecule has 0 spiro atoms. The third-order valence-electron chi connectivity index (χ3n) is 18.3. The van der Waals surface area contributed by atoms with Gasteiger partial charge in [-0.2, -0.15) is 0 Å². The SMILES string of the molecule is O=C(/C=C\C(=O)OC1CCCCC1)OC1CCCCC1.O=C(O)c1ccc2ccccc2c1C(=O)O.O=C(O)c1ccc2ccccc2c1C(=O)O.O=C(O)c1ccc2ccccc2c1C(=O)O.O=C(O)c1ccc2ccccc2c1C(=O)O.O=C(O)c1ccc2ccccc2c1C(=O)O.O=C(O)c1ccc2ccccc2c1C(=O)O. The zero-order chi connectivity index (χ0) is 84.4. The first-order valence-electron chi connectivity index (χ1n) is 35.4. The van der Waals surface area contributed by atoms with Gasteiger partial charge in [0.25, 0.3) is 0 Å². The van der Waals surface area contributed by atoms with E-state index in [9.17, 15) is 67.1 Å². The van der Waals surface area contributed by atoms with Crippen LogP contribution in [0.4, 0.5) is 0 Å². The van der Waals surface area contributed by atoms with Crippen molar-refractivity contribution in [2.45, 2.75) is 76.4 Å². The van der Waals surface area contributed by atoms with Crippen molar-refractivity contribution in [3.05, 3.63) is 297 Å². The minimum atomic E-state index is -1.23. The molecule has 0 unspecified atom stereocenters. The summed E-state index contributed by atoms with van der Waals surface area (Å²) in [4.78, 5) is 155. The Labute approximate surface area is 656 Å². The molecule has 0 heterocycles. The van der Waals surface area contributed by atoms with Crippen LogP contribution in [0, 0.1) is 0 Å². The van der Waals surface area contributed by atoms with Crippen LogP contribution in [0.1, 0.15) is 189 Å². The number of carboxylic acids is 12. The van der Waals surface area contributed by atoms with Crippen molar-refractivity contribution >= 4 is 148 Å². The number of benzene rings is 12. The molecule has 12 aromatic carbocycles. The van der Waals surface area contributed by atoms with Crippen molar-refractivity contribution in [1.29, 1.82) is 0 Å². The van der Waals surface area contributed by atoms with Crippen LogP contribution in [0.3, 0.4) is 0 Å². The highest BCUT2D eigenvalue weighted by molar-refractivity contribution is 6.17. The first-order chi connectivity index (χ1) is 55.4. The summed E-state index contributed by atoms with van der Waals surface area (Å²) in [6.45, 7) is 0. The van der Waals surface area contributed by atoms with Crippen molar-refractivity contribution < 1.29 is 138 Å². The number of ether oxygens (including phenoxy) is 2. The molecule has 0 bridgehead atoms. The molecule has 0 amide bonds. The number of carboxylic acid groups (broad SMARTS) is 12. The highest BCUT2D eigenvalue weighted by Gasteiger charge is 2.26. The highest BCUT2D eigenvalue weighted by atomic mass is 16.6. The number of esters is 2. The summed E-state index contributed by atoms with van der Waals surface area (Å²) in [5.74, 6) is -15.6. The summed E-state index contributed by atoms with van der Waals surface area (Å²) >= 11 is 0. The van der Waals surface area contributed by atoms with Gasteiger partial charge in [-0.3, -0.25) is 0 Å². The number of hydrogen-bond donors (Lipinski definition) is 12. The van der Waals surface area contributed by atoms with Gasteiger partial charge in [0.1, 0.15) is 12.2 Å². The smallest absolute Gasteiger partial charge is 0.337 e. The predicted molar refractivity (Wildman–Crippen MR) is 422 cm³/mol. The van der Waals surface area contributed by atoms with Crippen LogP contribution in [0.5, 0.6) is 0 Å². The van der Waals surface area contributed by atoms with E-state index in [0.717, 1.165) is 51.4 Å². The first-order valence-corrected chi connectivity index (χ1v) is 35.4. The Kier molecular flexibility index (Phi) is 30.0. The summed E-state index contributed by atoms with van der Waals surface area (Å²) in [7, 11) is 0. The summed E-state index contributed by atoms with van der Waals surface area (Å²) in [5, 5.41) is 115. The minimum absolute atomic E-state index is 0.0234. The van der Waals surface area contributed by atoms with Gasteiger partial charge in [-0.1, -0.05) is 195 Å². The Morgan fingerprint density at radius 1 is 0.207 bits per heavy atom. The van der Waals surface area contributed by atoms with Gasteiger partial charge < -0.3 is 70.8 Å². The normalized spacial score (nSPS) is 12.2. The van der Waals surface area contributed by atoms with Gasteiger partial charge in [0.2, 0.25) is 0 Å². The molecular weight excluding hydrogens is 1500 g/mol. The molecule has 12 N–H and O–H groups in total. The topological polar surface area (TPSA) is 500 Å². The number of carbonyl (C=O) groups excluding carboxylic acids is 2. The molecule has 2 aliphatic rings. The molecular formula is C88H72O28. The number of carbonyl (C=O) groups is 14. The Bertz CT molecular complexity index is 5000. The van der Waals surface area contributed by atoms with Crippen LogP contribution in [0.25, 0.3) is 64.6 Å². The number of aromatic carboxylic acids is 12. The molecule has 28 nitrogen and oxygen atoms in total. The van der Waals surface area contributed by atoms with Gasteiger partial charge in [0, 0.05) is 12.2 Å². The zero-order valence-corrected chi connectivity index (χ0v) is 61.1. The van der Waals surface area contributed by atoms with Crippen LogP contribution in [0.15, 0.2) is 231 Å². The minimum Gasteiger partial charge on any atom is -0.478 e. The molecule has 0 aromatic heterocycles. The lowest BCUT2D eigenvalue weighted by Crippen LogP contribution is -2.21. The molecule has 116 heavy (non-hydrogen) atoms. The van der Waals surface area contributed by atoms with Crippen molar-refractivity contribution in [1.82, 2.24) is 0 Å². The molecule has 0 aliphatic heterocycles. The van der Waals surface area contributed by atoms with E-state index in [1.807, 2.05) is 0 Å². The van der Waals surface area contributed by atoms with E-state index < -0.39 is 83.6 Å². The maximum absolute atomic E-state index is 11.6. The van der Waals surface area contributed by atoms with E-state index in [0.29, 0.717) is 64.6 Å². The van der Waals surface area contributed by atoms with Crippen LogP contribution in [0.2, 0.25) is 0 Å². The summed E-state index contributed by atoms with van der Waals surface area (Å²) in [5.41, 5.74) is -2.10. The van der Waals surface area contributed by atoms with Crippen molar-refractivity contribution in [2.24, 2.45) is 0 Å². The van der Waals surface area contributed by atoms with E-state index in [1.54, 1.807) is 182 Å². The predicted octanol–water partition coefficient (Wildman–Crippen LogP) is 16.7. The average Bonchev–Trinajstić information content (AvgIpc) is 0.825. The number of fused-ring (bicyclic) bond motifs is 6. The Morgan fingerprint density at radius 3 is 0.509 bits per heavy atom. The van der Waals surface area contributed by atoms with Gasteiger partial charge >= 0.3 is 83.6 Å². The third kappa shape index (κ3) is 22.2. The lowest BCUT2D eigenvalue weighted by atomic mass is 9.98. The van der Waals surface area contributed by atoms with E-state index in [2.05, 4.69) is 0 Å². The molecule has 28 heteroatoms. The fourth-order valence-corrected chi connectivity index (χ4v) is 13.0. The summed E-state index contributed by atoms with van der Waals surface area (Å²) in [6.07, 6.45) is 13.1. The molecule has 2 saturated carbocycles. The average molecular weight is 1580 g/mol. The maximum atomic E-state index is 11.6. The van der Waals surface area contributed by atoms with Gasteiger partial charge in [-0.05, 0) is 152 Å². The Hall–Kier alpha value is -15.5.